The van der Waals surface area contributed by atoms with Crippen LogP contribution < -0.4 is 5.73 Å². The Morgan fingerprint density at radius 3 is 2.89 bits per heavy atom. The van der Waals surface area contributed by atoms with Crippen LogP contribution in [-0.2, 0) is 9.53 Å². The van der Waals surface area contributed by atoms with E-state index in [1.54, 1.807) is 13.8 Å². The molecule has 0 aromatic heterocycles. The van der Waals surface area contributed by atoms with Crippen molar-refractivity contribution >= 4 is 23.4 Å². The van der Waals surface area contributed by atoms with Gasteiger partial charge >= 0.3 is 5.97 Å². The average molecular weight is 287 g/mol. The van der Waals surface area contributed by atoms with Crippen molar-refractivity contribution in [1.29, 1.82) is 0 Å². The first-order valence-electron chi connectivity index (χ1n) is 5.86. The Morgan fingerprint density at radius 2 is 2.26 bits per heavy atom. The highest BCUT2D eigenvalue weighted by Gasteiger charge is 2.12. The number of hydrogen-bond donors (Lipinski definition) is 1. The fourth-order valence-corrected chi connectivity index (χ4v) is 1.74. The second kappa shape index (κ2) is 7.09. The summed E-state index contributed by atoms with van der Waals surface area (Å²) in [6.45, 7) is 3.66. The monoisotopic (exact) mass is 286 g/mol. The van der Waals surface area contributed by atoms with E-state index >= 15 is 0 Å². The molecule has 0 aliphatic carbocycles. The van der Waals surface area contributed by atoms with Crippen molar-refractivity contribution in [3.63, 3.8) is 0 Å². The predicted octanol–water partition coefficient (Wildman–Crippen LogP) is 2.85. The van der Waals surface area contributed by atoms with Crippen molar-refractivity contribution in [2.24, 2.45) is 10.7 Å². The molecule has 0 spiro atoms. The third-order valence-electron chi connectivity index (χ3n) is 2.40. The molecule has 2 N–H and O–H groups in total. The summed E-state index contributed by atoms with van der Waals surface area (Å²) < 4.78 is 18.3. The van der Waals surface area contributed by atoms with Crippen LogP contribution in [0.25, 0.3) is 0 Å². The number of benzene rings is 1. The number of rotatable bonds is 5. The number of esters is 1. The van der Waals surface area contributed by atoms with E-state index in [4.69, 9.17) is 22.1 Å². The van der Waals surface area contributed by atoms with E-state index in [2.05, 4.69) is 4.99 Å². The molecule has 0 bridgehead atoms. The Kier molecular flexibility index (Phi) is 5.76. The number of hydrogen-bond acceptors (Lipinski definition) is 3. The molecule has 1 rings (SSSR count). The first kappa shape index (κ1) is 15.4. The summed E-state index contributed by atoms with van der Waals surface area (Å²) in [5.74, 6) is -0.766. The normalized spacial score (nSPS) is 13.2. The van der Waals surface area contributed by atoms with Crippen LogP contribution in [0.4, 0.5) is 4.39 Å². The Labute approximate surface area is 116 Å². The van der Waals surface area contributed by atoms with Gasteiger partial charge in [0.1, 0.15) is 18.1 Å². The van der Waals surface area contributed by atoms with Crippen LogP contribution in [0.1, 0.15) is 31.9 Å². The maximum atomic E-state index is 13.6. The molecule has 0 aliphatic rings. The third-order valence-corrected chi connectivity index (χ3v) is 2.63. The first-order valence-corrected chi connectivity index (χ1v) is 6.24. The molecule has 0 saturated carbocycles. The Morgan fingerprint density at radius 1 is 1.58 bits per heavy atom. The summed E-state index contributed by atoms with van der Waals surface area (Å²) >= 11 is 5.80. The summed E-state index contributed by atoms with van der Waals surface area (Å²) in [5.41, 5.74) is 5.96. The van der Waals surface area contributed by atoms with Gasteiger partial charge < -0.3 is 10.5 Å². The maximum Gasteiger partial charge on any atom is 0.313 e. The summed E-state index contributed by atoms with van der Waals surface area (Å²) in [4.78, 5) is 15.3. The second-order valence-corrected chi connectivity index (χ2v) is 4.38. The summed E-state index contributed by atoms with van der Waals surface area (Å²) in [6, 6.07) is 3.69. The number of carbonyl (C=O) groups excluding carboxylic acids is 1. The van der Waals surface area contributed by atoms with Gasteiger partial charge in [0.25, 0.3) is 0 Å². The van der Waals surface area contributed by atoms with Gasteiger partial charge in [-0.15, -0.1) is 0 Å². The minimum Gasteiger partial charge on any atom is -0.466 e. The van der Waals surface area contributed by atoms with E-state index < -0.39 is 17.8 Å². The number of aliphatic imine (C=N–C) groups is 1. The first-order chi connectivity index (χ1) is 8.93. The van der Waals surface area contributed by atoms with E-state index in [0.29, 0.717) is 10.6 Å². The predicted molar refractivity (Wildman–Crippen MR) is 72.7 cm³/mol. The van der Waals surface area contributed by atoms with Crippen LogP contribution in [-0.4, -0.2) is 18.4 Å². The molecule has 0 amide bonds. The lowest BCUT2D eigenvalue weighted by Gasteiger charge is -2.10. The number of ether oxygens (including phenoxy) is 1. The van der Waals surface area contributed by atoms with Gasteiger partial charge in [0.15, 0.2) is 0 Å². The Balaban J connectivity index is 2.79. The molecule has 19 heavy (non-hydrogen) atoms. The van der Waals surface area contributed by atoms with Gasteiger partial charge in [-0.3, -0.25) is 9.79 Å². The van der Waals surface area contributed by atoms with Gasteiger partial charge in [0, 0.05) is 10.6 Å². The fourth-order valence-electron chi connectivity index (χ4n) is 1.56. The maximum absolute atomic E-state index is 13.6. The fraction of sp³-hybridized carbons (Fsp3) is 0.385. The van der Waals surface area contributed by atoms with Gasteiger partial charge in [0.2, 0.25) is 0 Å². The zero-order valence-electron chi connectivity index (χ0n) is 10.8. The quantitative estimate of drug-likeness (QED) is 0.514. The van der Waals surface area contributed by atoms with Crippen LogP contribution in [0, 0.1) is 5.82 Å². The molecule has 1 aromatic rings. The summed E-state index contributed by atoms with van der Waals surface area (Å²) in [6.07, 6.45) is -0.111. The number of amidine groups is 1. The molecule has 1 aromatic carbocycles. The highest BCUT2D eigenvalue weighted by molar-refractivity contribution is 6.30. The highest BCUT2D eigenvalue weighted by atomic mass is 35.5. The molecule has 6 heteroatoms. The number of halogens is 2. The topological polar surface area (TPSA) is 64.7 Å². The molecule has 0 unspecified atom stereocenters. The van der Waals surface area contributed by atoms with E-state index in [-0.39, 0.29) is 18.9 Å². The molecule has 104 valence electrons. The van der Waals surface area contributed by atoms with Crippen LogP contribution in [0.15, 0.2) is 23.2 Å². The van der Waals surface area contributed by atoms with Crippen molar-refractivity contribution < 1.29 is 13.9 Å². The summed E-state index contributed by atoms with van der Waals surface area (Å²) in [7, 11) is 0. The van der Waals surface area contributed by atoms with Crippen molar-refractivity contribution in [3.05, 3.63) is 34.6 Å². The largest absolute Gasteiger partial charge is 0.466 e. The molecule has 0 aliphatic heterocycles. The number of carbonyl (C=O) groups is 1. The zero-order valence-corrected chi connectivity index (χ0v) is 11.6. The van der Waals surface area contributed by atoms with Crippen LogP contribution in [0.5, 0.6) is 0 Å². The average Bonchev–Trinajstić information content (AvgIpc) is 2.32. The number of nitrogens with zero attached hydrogens (tertiary/aromatic N) is 1. The Hall–Kier alpha value is -1.62. The van der Waals surface area contributed by atoms with Gasteiger partial charge in [-0.25, -0.2) is 4.39 Å². The molecular weight excluding hydrogens is 271 g/mol. The Bertz CT molecular complexity index is 492. The standard InChI is InChI=1S/C13H16ClFN2O2/c1-3-19-13(18)7-12(16)17-8(2)10-6-9(14)4-5-11(10)15/h4-6,8H,3,7H2,1-2H3,(H2,16,17)/t8-/m0/s1. The second-order valence-electron chi connectivity index (χ2n) is 3.94. The van der Waals surface area contributed by atoms with Crippen molar-refractivity contribution in [2.75, 3.05) is 6.61 Å². The zero-order chi connectivity index (χ0) is 14.4. The van der Waals surface area contributed by atoms with Crippen LogP contribution in [0.2, 0.25) is 5.02 Å². The van der Waals surface area contributed by atoms with E-state index in [9.17, 15) is 9.18 Å². The van der Waals surface area contributed by atoms with E-state index in [1.165, 1.54) is 18.2 Å². The van der Waals surface area contributed by atoms with Crippen LogP contribution >= 0.6 is 11.6 Å². The van der Waals surface area contributed by atoms with Gasteiger partial charge in [-0.2, -0.15) is 0 Å². The van der Waals surface area contributed by atoms with Gasteiger partial charge in [-0.1, -0.05) is 11.6 Å². The van der Waals surface area contributed by atoms with Crippen LogP contribution in [0.3, 0.4) is 0 Å². The lowest BCUT2D eigenvalue weighted by Crippen LogP contribution is -2.19. The molecule has 1 atom stereocenters. The highest BCUT2D eigenvalue weighted by Crippen LogP contribution is 2.23. The van der Waals surface area contributed by atoms with Crippen molar-refractivity contribution in [1.82, 2.24) is 0 Å². The molecule has 0 heterocycles. The number of nitrogens with two attached hydrogens (primary N) is 1. The van der Waals surface area contributed by atoms with Crippen molar-refractivity contribution in [3.8, 4) is 0 Å². The van der Waals surface area contributed by atoms with E-state index in [0.717, 1.165) is 0 Å². The molecule has 0 saturated heterocycles. The molecule has 4 nitrogen and oxygen atoms in total. The molecule has 0 fully saturated rings. The van der Waals surface area contributed by atoms with Gasteiger partial charge in [0.05, 0.1) is 12.6 Å². The smallest absolute Gasteiger partial charge is 0.313 e. The SMILES string of the molecule is CCOC(=O)CC(N)=N[C@@H](C)c1cc(Cl)ccc1F. The third kappa shape index (κ3) is 4.87. The van der Waals surface area contributed by atoms with Crippen molar-refractivity contribution in [2.45, 2.75) is 26.3 Å². The summed E-state index contributed by atoms with van der Waals surface area (Å²) in [5, 5.41) is 0.419. The van der Waals surface area contributed by atoms with E-state index in [1.807, 2.05) is 0 Å². The lowest BCUT2D eigenvalue weighted by atomic mass is 10.1. The molecular formula is C13H16ClFN2O2. The van der Waals surface area contributed by atoms with Gasteiger partial charge in [-0.05, 0) is 32.0 Å². The minimum atomic E-state index is -0.520. The lowest BCUT2D eigenvalue weighted by molar-refractivity contribution is -0.141. The molecule has 0 radical (unpaired) electrons. The minimum absolute atomic E-state index is 0.102.